The van der Waals surface area contributed by atoms with Crippen LogP contribution in [0, 0.1) is 0 Å². The number of halogens is 1. The number of pyridine rings is 1. The average Bonchev–Trinajstić information content (AvgIpc) is 1.99. The molecule has 82 valence electrons. The van der Waals surface area contributed by atoms with E-state index < -0.39 is 5.97 Å². The van der Waals surface area contributed by atoms with Gasteiger partial charge in [0.05, 0.1) is 10.6 Å². The smallest absolute Gasteiger partial charge is 0.335 e. The Morgan fingerprint density at radius 2 is 2.07 bits per heavy atom. The van der Waals surface area contributed by atoms with Gasteiger partial charge < -0.3 is 5.11 Å². The molecule has 1 aromatic heterocycles. The molecule has 1 aromatic rings. The van der Waals surface area contributed by atoms with Crippen LogP contribution in [0.1, 0.15) is 31.1 Å². The number of thioether (sulfide) groups is 1. The molecule has 0 aliphatic carbocycles. The van der Waals surface area contributed by atoms with Gasteiger partial charge in [-0.15, -0.1) is 11.8 Å². The molecule has 0 spiro atoms. The molecular weight excluding hydrogens is 234 g/mol. The van der Waals surface area contributed by atoms with Crippen LogP contribution >= 0.6 is 23.4 Å². The number of aromatic carboxylic acids is 1. The maximum atomic E-state index is 10.8. The number of carbonyl (C=O) groups is 1. The molecule has 0 aliphatic heterocycles. The van der Waals surface area contributed by atoms with Gasteiger partial charge in [-0.2, -0.15) is 0 Å². The van der Waals surface area contributed by atoms with E-state index in [1.807, 2.05) is 20.8 Å². The van der Waals surface area contributed by atoms with Gasteiger partial charge in [-0.1, -0.05) is 32.4 Å². The number of carboxylic acids is 1. The molecule has 0 aromatic carbocycles. The zero-order valence-electron chi connectivity index (χ0n) is 8.74. The second-order valence-corrected chi connectivity index (χ2v) is 6.27. The zero-order valence-corrected chi connectivity index (χ0v) is 10.3. The van der Waals surface area contributed by atoms with E-state index in [-0.39, 0.29) is 15.5 Å². The Labute approximate surface area is 97.9 Å². The molecule has 1 heterocycles. The van der Waals surface area contributed by atoms with Crippen LogP contribution in [0.25, 0.3) is 0 Å². The number of hydrogen-bond acceptors (Lipinski definition) is 3. The van der Waals surface area contributed by atoms with Crippen molar-refractivity contribution in [3.63, 3.8) is 0 Å². The standard InChI is InChI=1S/C10H12ClNO2S/c1-10(2,3)15-8-5-6(9(13)14)4-7(11)12-8/h4-5H,1-3H3,(H,13,14). The number of rotatable bonds is 2. The van der Waals surface area contributed by atoms with E-state index in [2.05, 4.69) is 4.98 Å². The molecule has 0 saturated carbocycles. The van der Waals surface area contributed by atoms with E-state index in [1.165, 1.54) is 23.9 Å². The fraction of sp³-hybridized carbons (Fsp3) is 0.400. The number of carboxylic acid groups (broad SMARTS) is 1. The first-order chi connectivity index (χ1) is 6.78. The van der Waals surface area contributed by atoms with Gasteiger partial charge in [0.1, 0.15) is 5.15 Å². The van der Waals surface area contributed by atoms with Crippen molar-refractivity contribution in [1.29, 1.82) is 0 Å². The largest absolute Gasteiger partial charge is 0.478 e. The van der Waals surface area contributed by atoms with Crippen molar-refractivity contribution < 1.29 is 9.90 Å². The van der Waals surface area contributed by atoms with Crippen molar-refractivity contribution in [2.24, 2.45) is 0 Å². The summed E-state index contributed by atoms with van der Waals surface area (Å²) in [5.41, 5.74) is 0.168. The highest BCUT2D eigenvalue weighted by Gasteiger charge is 2.15. The minimum atomic E-state index is -0.991. The summed E-state index contributed by atoms with van der Waals surface area (Å²) in [5, 5.41) is 9.68. The Hall–Kier alpha value is -0.740. The molecule has 0 saturated heterocycles. The van der Waals surface area contributed by atoms with Crippen LogP contribution in [0.2, 0.25) is 5.15 Å². The van der Waals surface area contributed by atoms with Gasteiger partial charge in [-0.3, -0.25) is 0 Å². The normalized spacial score (nSPS) is 11.5. The van der Waals surface area contributed by atoms with Crippen molar-refractivity contribution in [2.75, 3.05) is 0 Å². The van der Waals surface area contributed by atoms with E-state index in [1.54, 1.807) is 0 Å². The van der Waals surface area contributed by atoms with Crippen molar-refractivity contribution in [3.05, 3.63) is 22.8 Å². The molecule has 0 radical (unpaired) electrons. The van der Waals surface area contributed by atoms with E-state index >= 15 is 0 Å². The molecule has 0 amide bonds. The van der Waals surface area contributed by atoms with Gasteiger partial charge in [0.25, 0.3) is 0 Å². The Kier molecular flexibility index (Phi) is 3.62. The highest BCUT2D eigenvalue weighted by molar-refractivity contribution is 8.00. The summed E-state index contributed by atoms with van der Waals surface area (Å²) in [5.74, 6) is -0.991. The molecule has 1 N–H and O–H groups in total. The quantitative estimate of drug-likeness (QED) is 0.642. The Morgan fingerprint density at radius 3 is 2.53 bits per heavy atom. The molecule has 0 fully saturated rings. The van der Waals surface area contributed by atoms with Crippen LogP contribution < -0.4 is 0 Å². The molecule has 15 heavy (non-hydrogen) atoms. The van der Waals surface area contributed by atoms with Gasteiger partial charge in [0.15, 0.2) is 0 Å². The van der Waals surface area contributed by atoms with Crippen LogP contribution in [-0.4, -0.2) is 20.8 Å². The minimum Gasteiger partial charge on any atom is -0.478 e. The maximum Gasteiger partial charge on any atom is 0.335 e. The molecular formula is C10H12ClNO2S. The first-order valence-corrected chi connectivity index (χ1v) is 5.57. The third kappa shape index (κ3) is 4.10. The molecule has 1 rings (SSSR count). The maximum absolute atomic E-state index is 10.8. The van der Waals surface area contributed by atoms with Crippen LogP contribution in [0.15, 0.2) is 17.2 Å². The Balaban J connectivity index is 3.04. The van der Waals surface area contributed by atoms with Gasteiger partial charge in [-0.25, -0.2) is 9.78 Å². The second kappa shape index (κ2) is 4.41. The first kappa shape index (κ1) is 12.3. The average molecular weight is 246 g/mol. The topological polar surface area (TPSA) is 50.2 Å². The molecule has 0 bridgehead atoms. The van der Waals surface area contributed by atoms with E-state index in [0.29, 0.717) is 5.03 Å². The highest BCUT2D eigenvalue weighted by Crippen LogP contribution is 2.31. The van der Waals surface area contributed by atoms with Crippen LogP contribution in [0.3, 0.4) is 0 Å². The summed E-state index contributed by atoms with van der Waals surface area (Å²) >= 11 is 7.22. The van der Waals surface area contributed by atoms with Crippen LogP contribution in [0.4, 0.5) is 0 Å². The lowest BCUT2D eigenvalue weighted by atomic mass is 10.3. The lowest BCUT2D eigenvalue weighted by Crippen LogP contribution is -2.08. The molecule has 3 nitrogen and oxygen atoms in total. The fourth-order valence-electron chi connectivity index (χ4n) is 0.962. The number of nitrogens with zero attached hydrogens (tertiary/aromatic N) is 1. The van der Waals surface area contributed by atoms with Crippen molar-refractivity contribution >= 4 is 29.3 Å². The predicted octanol–water partition coefficient (Wildman–Crippen LogP) is 3.32. The van der Waals surface area contributed by atoms with Crippen LogP contribution in [0.5, 0.6) is 0 Å². The SMILES string of the molecule is CC(C)(C)Sc1cc(C(=O)O)cc(Cl)n1. The van der Waals surface area contributed by atoms with Gasteiger partial charge in [0, 0.05) is 4.75 Å². The minimum absolute atomic E-state index is 0.0204. The van der Waals surface area contributed by atoms with Crippen molar-refractivity contribution in [3.8, 4) is 0 Å². The summed E-state index contributed by atoms with van der Waals surface area (Å²) in [6.07, 6.45) is 0. The van der Waals surface area contributed by atoms with E-state index in [4.69, 9.17) is 16.7 Å². The first-order valence-electron chi connectivity index (χ1n) is 4.38. The number of hydrogen-bond donors (Lipinski definition) is 1. The van der Waals surface area contributed by atoms with Crippen molar-refractivity contribution in [1.82, 2.24) is 4.98 Å². The molecule has 5 heteroatoms. The predicted molar refractivity (Wildman–Crippen MR) is 61.8 cm³/mol. The van der Waals surface area contributed by atoms with Crippen LogP contribution in [-0.2, 0) is 0 Å². The highest BCUT2D eigenvalue weighted by atomic mass is 35.5. The molecule has 0 aliphatic rings. The summed E-state index contributed by atoms with van der Waals surface area (Å²) < 4.78 is -0.0204. The zero-order chi connectivity index (χ0) is 11.6. The van der Waals surface area contributed by atoms with E-state index in [0.717, 1.165) is 0 Å². The lowest BCUT2D eigenvalue weighted by Gasteiger charge is -2.16. The Morgan fingerprint density at radius 1 is 1.47 bits per heavy atom. The lowest BCUT2D eigenvalue weighted by molar-refractivity contribution is 0.0696. The third-order valence-electron chi connectivity index (χ3n) is 1.43. The molecule has 0 atom stereocenters. The monoisotopic (exact) mass is 245 g/mol. The summed E-state index contributed by atoms with van der Waals surface area (Å²) in [6, 6.07) is 2.88. The summed E-state index contributed by atoms with van der Waals surface area (Å²) in [6.45, 7) is 6.09. The van der Waals surface area contributed by atoms with Crippen molar-refractivity contribution in [2.45, 2.75) is 30.5 Å². The van der Waals surface area contributed by atoms with Gasteiger partial charge in [-0.05, 0) is 12.1 Å². The molecule has 0 unspecified atom stereocenters. The van der Waals surface area contributed by atoms with Gasteiger partial charge >= 0.3 is 5.97 Å². The second-order valence-electron chi connectivity index (χ2n) is 4.04. The summed E-state index contributed by atoms with van der Waals surface area (Å²) in [4.78, 5) is 14.8. The van der Waals surface area contributed by atoms with Gasteiger partial charge in [0.2, 0.25) is 0 Å². The Bertz CT molecular complexity index is 387. The number of aromatic nitrogens is 1. The summed E-state index contributed by atoms with van der Waals surface area (Å²) in [7, 11) is 0. The fourth-order valence-corrected chi connectivity index (χ4v) is 2.18. The third-order valence-corrected chi connectivity index (χ3v) is 2.65. The van der Waals surface area contributed by atoms with E-state index in [9.17, 15) is 4.79 Å².